The number of rotatable bonds is 5. The van der Waals surface area contributed by atoms with Crippen molar-refractivity contribution in [1.82, 2.24) is 10.7 Å². The molecule has 0 bridgehead atoms. The zero-order valence-electron chi connectivity index (χ0n) is 11.0. The first-order valence-electron chi connectivity index (χ1n) is 5.74. The van der Waals surface area contributed by atoms with Crippen LogP contribution in [0.2, 0.25) is 10.0 Å². The normalized spacial score (nSPS) is 10.6. The molecule has 0 fully saturated rings. The number of ether oxygens (including phenoxy) is 1. The molecule has 1 rings (SSSR count). The Hall–Kier alpha value is -1.83. The topological polar surface area (TPSA) is 100 Å². The van der Waals surface area contributed by atoms with Crippen molar-refractivity contribution in [2.45, 2.75) is 0 Å². The molecule has 0 aromatic heterocycles. The van der Waals surface area contributed by atoms with Crippen LogP contribution in [0, 0.1) is 0 Å². The minimum atomic E-state index is -0.918. The summed E-state index contributed by atoms with van der Waals surface area (Å²) in [5.74, 6) is -1.98. The predicted molar refractivity (Wildman–Crippen MR) is 78.7 cm³/mol. The molecular weight excluding hydrogens is 321 g/mol. The van der Waals surface area contributed by atoms with Gasteiger partial charge in [0.25, 0.3) is 0 Å². The number of benzene rings is 1. The van der Waals surface area contributed by atoms with Gasteiger partial charge in [0.2, 0.25) is 0 Å². The van der Waals surface area contributed by atoms with Crippen molar-refractivity contribution >= 4 is 41.2 Å². The first kappa shape index (κ1) is 17.2. The van der Waals surface area contributed by atoms with Gasteiger partial charge >= 0.3 is 11.8 Å². The van der Waals surface area contributed by atoms with E-state index in [1.54, 1.807) is 0 Å². The smallest absolute Gasteiger partial charge is 0.329 e. The standard InChI is InChI=1S/C12H13Cl2N3O4/c1-21-3-2-15-11(19)12(20)17-16-6-7-4-8(13)10(18)9(14)5-7/h4-6,18H,2-3H2,1H3,(H,15,19)(H,17,20)/b16-6+. The summed E-state index contributed by atoms with van der Waals surface area (Å²) in [5, 5.41) is 15.4. The Morgan fingerprint density at radius 1 is 1.33 bits per heavy atom. The third kappa shape index (κ3) is 5.58. The largest absolute Gasteiger partial charge is 0.505 e. The van der Waals surface area contributed by atoms with Gasteiger partial charge in [-0.1, -0.05) is 23.2 Å². The van der Waals surface area contributed by atoms with Crippen LogP contribution >= 0.6 is 23.2 Å². The number of halogens is 2. The molecule has 7 nitrogen and oxygen atoms in total. The molecule has 0 aliphatic heterocycles. The molecule has 1 aromatic carbocycles. The number of nitrogens with zero attached hydrogens (tertiary/aromatic N) is 1. The number of hydrazone groups is 1. The third-order valence-electron chi connectivity index (χ3n) is 2.22. The number of phenols is 1. The highest BCUT2D eigenvalue weighted by Gasteiger charge is 2.11. The maximum absolute atomic E-state index is 11.3. The number of aromatic hydroxyl groups is 1. The van der Waals surface area contributed by atoms with Crippen molar-refractivity contribution in [1.29, 1.82) is 0 Å². The zero-order valence-corrected chi connectivity index (χ0v) is 12.5. The molecule has 0 radical (unpaired) electrons. The Kier molecular flexibility index (Phi) is 6.93. The van der Waals surface area contributed by atoms with E-state index in [9.17, 15) is 14.7 Å². The SMILES string of the molecule is COCCNC(=O)C(=O)N/N=C/c1cc(Cl)c(O)c(Cl)c1. The molecule has 0 heterocycles. The minimum absolute atomic E-state index is 0.0487. The lowest BCUT2D eigenvalue weighted by atomic mass is 10.2. The zero-order chi connectivity index (χ0) is 15.8. The molecule has 0 saturated carbocycles. The van der Waals surface area contributed by atoms with Crippen molar-refractivity contribution < 1.29 is 19.4 Å². The quantitative estimate of drug-likeness (QED) is 0.322. The summed E-state index contributed by atoms with van der Waals surface area (Å²) in [7, 11) is 1.48. The number of phenolic OH excluding ortho intramolecular Hbond substituents is 1. The van der Waals surface area contributed by atoms with E-state index >= 15 is 0 Å². The number of carbonyl (C=O) groups is 2. The summed E-state index contributed by atoms with van der Waals surface area (Å²) >= 11 is 11.4. The number of methoxy groups -OCH3 is 1. The molecule has 0 aliphatic carbocycles. The van der Waals surface area contributed by atoms with Gasteiger partial charge in [-0.2, -0.15) is 5.10 Å². The van der Waals surface area contributed by atoms with Crippen molar-refractivity contribution in [3.8, 4) is 5.75 Å². The monoisotopic (exact) mass is 333 g/mol. The van der Waals surface area contributed by atoms with E-state index < -0.39 is 11.8 Å². The molecule has 0 spiro atoms. The third-order valence-corrected chi connectivity index (χ3v) is 2.79. The van der Waals surface area contributed by atoms with Gasteiger partial charge in [-0.25, -0.2) is 5.43 Å². The van der Waals surface area contributed by atoms with Gasteiger partial charge in [0, 0.05) is 13.7 Å². The molecule has 0 unspecified atom stereocenters. The summed E-state index contributed by atoms with van der Waals surface area (Å²) in [6.45, 7) is 0.516. The van der Waals surface area contributed by atoms with Crippen LogP contribution in [0.5, 0.6) is 5.75 Å². The Morgan fingerprint density at radius 2 is 1.95 bits per heavy atom. The number of carbonyl (C=O) groups excluding carboxylic acids is 2. The first-order chi connectivity index (χ1) is 9.95. The van der Waals surface area contributed by atoms with Crippen LogP contribution in [-0.4, -0.2) is 43.4 Å². The van der Waals surface area contributed by atoms with Gasteiger partial charge in [-0.15, -0.1) is 0 Å². The number of hydrogen-bond acceptors (Lipinski definition) is 5. The van der Waals surface area contributed by atoms with Gasteiger partial charge in [-0.05, 0) is 17.7 Å². The van der Waals surface area contributed by atoms with Crippen LogP contribution in [0.1, 0.15) is 5.56 Å². The summed E-state index contributed by atoms with van der Waals surface area (Å²) in [6.07, 6.45) is 1.23. The van der Waals surface area contributed by atoms with Crippen LogP contribution in [-0.2, 0) is 14.3 Å². The number of hydrogen-bond donors (Lipinski definition) is 3. The van der Waals surface area contributed by atoms with E-state index in [0.717, 1.165) is 0 Å². The van der Waals surface area contributed by atoms with Crippen molar-refractivity contribution in [2.75, 3.05) is 20.3 Å². The summed E-state index contributed by atoms with van der Waals surface area (Å²) in [4.78, 5) is 22.6. The molecule has 2 amide bonds. The van der Waals surface area contributed by atoms with Gasteiger partial charge in [-0.3, -0.25) is 9.59 Å². The molecule has 0 saturated heterocycles. The molecule has 0 aliphatic rings. The molecule has 0 atom stereocenters. The Labute approximate surface area is 130 Å². The maximum atomic E-state index is 11.3. The lowest BCUT2D eigenvalue weighted by Crippen LogP contribution is -2.39. The lowest BCUT2D eigenvalue weighted by Gasteiger charge is -2.03. The molecule has 1 aromatic rings. The van der Waals surface area contributed by atoms with E-state index in [4.69, 9.17) is 27.9 Å². The van der Waals surface area contributed by atoms with Gasteiger partial charge < -0.3 is 15.2 Å². The highest BCUT2D eigenvalue weighted by atomic mass is 35.5. The summed E-state index contributed by atoms with van der Waals surface area (Å²) in [6, 6.07) is 2.80. The minimum Gasteiger partial charge on any atom is -0.505 e. The number of nitrogens with one attached hydrogen (secondary N) is 2. The Morgan fingerprint density at radius 3 is 2.52 bits per heavy atom. The van der Waals surface area contributed by atoms with Crippen LogP contribution < -0.4 is 10.7 Å². The molecule has 21 heavy (non-hydrogen) atoms. The van der Waals surface area contributed by atoms with Gasteiger partial charge in [0.1, 0.15) is 0 Å². The highest BCUT2D eigenvalue weighted by Crippen LogP contribution is 2.32. The Bertz CT molecular complexity index is 540. The second-order valence-electron chi connectivity index (χ2n) is 3.78. The first-order valence-corrected chi connectivity index (χ1v) is 6.49. The maximum Gasteiger partial charge on any atom is 0.329 e. The van der Waals surface area contributed by atoms with Crippen LogP contribution in [0.15, 0.2) is 17.2 Å². The van der Waals surface area contributed by atoms with Gasteiger partial charge in [0.05, 0.1) is 22.9 Å². The van der Waals surface area contributed by atoms with Crippen molar-refractivity contribution in [2.24, 2.45) is 5.10 Å². The van der Waals surface area contributed by atoms with E-state index in [-0.39, 0.29) is 22.3 Å². The lowest BCUT2D eigenvalue weighted by molar-refractivity contribution is -0.139. The van der Waals surface area contributed by atoms with Crippen molar-refractivity contribution in [3.63, 3.8) is 0 Å². The average molecular weight is 334 g/mol. The summed E-state index contributed by atoms with van der Waals surface area (Å²) in [5.41, 5.74) is 2.49. The van der Waals surface area contributed by atoms with Crippen LogP contribution in [0.3, 0.4) is 0 Å². The van der Waals surface area contributed by atoms with E-state index in [2.05, 4.69) is 10.4 Å². The van der Waals surface area contributed by atoms with Gasteiger partial charge in [0.15, 0.2) is 5.75 Å². The number of amides is 2. The summed E-state index contributed by atoms with van der Waals surface area (Å²) < 4.78 is 4.72. The Balaban J connectivity index is 2.54. The average Bonchev–Trinajstić information content (AvgIpc) is 2.44. The fourth-order valence-electron chi connectivity index (χ4n) is 1.22. The van der Waals surface area contributed by atoms with Crippen LogP contribution in [0.25, 0.3) is 0 Å². The fourth-order valence-corrected chi connectivity index (χ4v) is 1.73. The highest BCUT2D eigenvalue weighted by molar-refractivity contribution is 6.37. The predicted octanol–water partition coefficient (Wildman–Crippen LogP) is 0.912. The molecule has 9 heteroatoms. The molecule has 3 N–H and O–H groups in total. The molecule has 114 valence electrons. The van der Waals surface area contributed by atoms with Crippen LogP contribution in [0.4, 0.5) is 0 Å². The van der Waals surface area contributed by atoms with E-state index in [0.29, 0.717) is 12.2 Å². The van der Waals surface area contributed by atoms with E-state index in [1.165, 1.54) is 25.5 Å². The second-order valence-corrected chi connectivity index (χ2v) is 4.60. The molecular formula is C12H13Cl2N3O4. The van der Waals surface area contributed by atoms with Crippen molar-refractivity contribution in [3.05, 3.63) is 27.7 Å². The second kappa shape index (κ2) is 8.46. The van der Waals surface area contributed by atoms with E-state index in [1.807, 2.05) is 5.43 Å². The fraction of sp³-hybridized carbons (Fsp3) is 0.250.